The van der Waals surface area contributed by atoms with Crippen molar-refractivity contribution >= 4 is 35.6 Å². The molecule has 0 bridgehead atoms. The molecule has 124 valence electrons. The SMILES string of the molecule is Cc1cc(C)cc(NC(N)=NCCOc2cccc(C)c2)c1.I. The van der Waals surface area contributed by atoms with E-state index in [4.69, 9.17) is 10.5 Å². The largest absolute Gasteiger partial charge is 0.492 e. The van der Waals surface area contributed by atoms with E-state index in [0.29, 0.717) is 19.1 Å². The summed E-state index contributed by atoms with van der Waals surface area (Å²) >= 11 is 0. The monoisotopic (exact) mass is 425 g/mol. The van der Waals surface area contributed by atoms with Gasteiger partial charge < -0.3 is 15.8 Å². The molecule has 0 radical (unpaired) electrons. The molecule has 0 aliphatic rings. The number of guanidine groups is 1. The van der Waals surface area contributed by atoms with Crippen molar-refractivity contribution in [1.82, 2.24) is 0 Å². The van der Waals surface area contributed by atoms with Crippen LogP contribution < -0.4 is 15.8 Å². The van der Waals surface area contributed by atoms with Gasteiger partial charge in [0.2, 0.25) is 0 Å². The standard InChI is InChI=1S/C18H23N3O.HI/c1-13-5-4-6-17(12-13)22-8-7-20-18(19)21-16-10-14(2)9-15(3)11-16;/h4-6,9-12H,7-8H2,1-3H3,(H3,19,20,21);1H. The molecular weight excluding hydrogens is 401 g/mol. The molecule has 23 heavy (non-hydrogen) atoms. The van der Waals surface area contributed by atoms with E-state index in [1.165, 1.54) is 16.7 Å². The molecule has 0 aromatic heterocycles. The lowest BCUT2D eigenvalue weighted by Gasteiger charge is -2.08. The van der Waals surface area contributed by atoms with Gasteiger partial charge in [0.15, 0.2) is 5.96 Å². The summed E-state index contributed by atoms with van der Waals surface area (Å²) in [6, 6.07) is 14.2. The van der Waals surface area contributed by atoms with Crippen LogP contribution in [0.1, 0.15) is 16.7 Å². The van der Waals surface area contributed by atoms with Crippen LogP contribution >= 0.6 is 24.0 Å². The molecule has 0 amide bonds. The third-order valence-corrected chi connectivity index (χ3v) is 3.13. The van der Waals surface area contributed by atoms with E-state index in [1.54, 1.807) is 0 Å². The van der Waals surface area contributed by atoms with Crippen molar-refractivity contribution in [2.75, 3.05) is 18.5 Å². The molecule has 4 nitrogen and oxygen atoms in total. The zero-order valence-electron chi connectivity index (χ0n) is 13.8. The summed E-state index contributed by atoms with van der Waals surface area (Å²) in [6.45, 7) is 7.16. The first-order chi connectivity index (χ1) is 10.5. The van der Waals surface area contributed by atoms with Gasteiger partial charge in [0.25, 0.3) is 0 Å². The molecule has 0 heterocycles. The van der Waals surface area contributed by atoms with Crippen molar-refractivity contribution in [3.8, 4) is 5.75 Å². The highest BCUT2D eigenvalue weighted by molar-refractivity contribution is 14.0. The smallest absolute Gasteiger partial charge is 0.193 e. The first-order valence-corrected chi connectivity index (χ1v) is 7.37. The molecule has 2 aromatic carbocycles. The number of hydrogen-bond acceptors (Lipinski definition) is 2. The second-order valence-electron chi connectivity index (χ2n) is 5.43. The van der Waals surface area contributed by atoms with Gasteiger partial charge in [0, 0.05) is 5.69 Å². The lowest BCUT2D eigenvalue weighted by molar-refractivity contribution is 0.328. The van der Waals surface area contributed by atoms with Gasteiger partial charge >= 0.3 is 0 Å². The Morgan fingerprint density at radius 2 is 1.74 bits per heavy atom. The van der Waals surface area contributed by atoms with E-state index in [2.05, 4.69) is 30.2 Å². The Bertz CT molecular complexity index is 651. The van der Waals surface area contributed by atoms with Gasteiger partial charge in [-0.25, -0.2) is 4.99 Å². The Morgan fingerprint density at radius 3 is 2.39 bits per heavy atom. The summed E-state index contributed by atoms with van der Waals surface area (Å²) in [5, 5.41) is 3.10. The van der Waals surface area contributed by atoms with Gasteiger partial charge in [-0.1, -0.05) is 18.2 Å². The zero-order chi connectivity index (χ0) is 15.9. The summed E-state index contributed by atoms with van der Waals surface area (Å²) in [7, 11) is 0. The first kappa shape index (κ1) is 19.3. The fraction of sp³-hybridized carbons (Fsp3) is 0.278. The summed E-state index contributed by atoms with van der Waals surface area (Å²) in [5.74, 6) is 1.26. The van der Waals surface area contributed by atoms with Gasteiger partial charge in [-0.05, 0) is 61.7 Å². The third-order valence-electron chi connectivity index (χ3n) is 3.13. The van der Waals surface area contributed by atoms with E-state index in [-0.39, 0.29) is 24.0 Å². The lowest BCUT2D eigenvalue weighted by atomic mass is 10.1. The number of aryl methyl sites for hydroxylation is 3. The first-order valence-electron chi connectivity index (χ1n) is 7.37. The highest BCUT2D eigenvalue weighted by atomic mass is 127. The van der Waals surface area contributed by atoms with Crippen molar-refractivity contribution in [2.24, 2.45) is 10.7 Å². The molecule has 3 N–H and O–H groups in total. The second kappa shape index (κ2) is 9.39. The Labute approximate surface area is 155 Å². The molecule has 0 aliphatic carbocycles. The number of nitrogens with two attached hydrogens (primary N) is 1. The molecule has 0 saturated heterocycles. The number of nitrogens with one attached hydrogen (secondary N) is 1. The number of hydrogen-bond donors (Lipinski definition) is 2. The average molecular weight is 425 g/mol. The average Bonchev–Trinajstić information content (AvgIpc) is 2.42. The van der Waals surface area contributed by atoms with Gasteiger partial charge in [0.1, 0.15) is 12.4 Å². The maximum absolute atomic E-state index is 5.89. The van der Waals surface area contributed by atoms with Gasteiger partial charge in [-0.3, -0.25) is 0 Å². The normalized spacial score (nSPS) is 10.8. The quantitative estimate of drug-likeness (QED) is 0.329. The number of rotatable bonds is 5. The van der Waals surface area contributed by atoms with E-state index in [1.807, 2.05) is 43.3 Å². The number of anilines is 1. The van der Waals surface area contributed by atoms with Gasteiger partial charge in [0.05, 0.1) is 6.54 Å². The number of nitrogens with zero attached hydrogens (tertiary/aromatic N) is 1. The van der Waals surface area contributed by atoms with E-state index >= 15 is 0 Å². The van der Waals surface area contributed by atoms with Crippen LogP contribution in [0.2, 0.25) is 0 Å². The fourth-order valence-corrected chi connectivity index (χ4v) is 2.27. The van der Waals surface area contributed by atoms with Crippen LogP contribution in [0.15, 0.2) is 47.5 Å². The van der Waals surface area contributed by atoms with Crippen LogP contribution in [0.3, 0.4) is 0 Å². The highest BCUT2D eigenvalue weighted by Gasteiger charge is 1.98. The fourth-order valence-electron chi connectivity index (χ4n) is 2.27. The van der Waals surface area contributed by atoms with E-state index < -0.39 is 0 Å². The molecule has 0 spiro atoms. The Hall–Kier alpha value is -1.76. The van der Waals surface area contributed by atoms with Crippen molar-refractivity contribution < 1.29 is 4.74 Å². The summed E-state index contributed by atoms with van der Waals surface area (Å²) in [5.41, 5.74) is 10.4. The third kappa shape index (κ3) is 6.90. The number of benzene rings is 2. The van der Waals surface area contributed by atoms with Crippen molar-refractivity contribution in [2.45, 2.75) is 20.8 Å². The van der Waals surface area contributed by atoms with E-state index in [9.17, 15) is 0 Å². The lowest BCUT2D eigenvalue weighted by Crippen LogP contribution is -2.23. The van der Waals surface area contributed by atoms with Gasteiger partial charge in [-0.2, -0.15) is 0 Å². The summed E-state index contributed by atoms with van der Waals surface area (Å²) in [6.07, 6.45) is 0. The molecule has 0 aliphatic heterocycles. The predicted octanol–water partition coefficient (Wildman–Crippen LogP) is 4.04. The molecule has 2 aromatic rings. The van der Waals surface area contributed by atoms with Crippen LogP contribution in [0, 0.1) is 20.8 Å². The van der Waals surface area contributed by atoms with Crippen LogP contribution in [0.25, 0.3) is 0 Å². The highest BCUT2D eigenvalue weighted by Crippen LogP contribution is 2.13. The van der Waals surface area contributed by atoms with E-state index in [0.717, 1.165) is 11.4 Å². The number of halogens is 1. The maximum Gasteiger partial charge on any atom is 0.193 e. The van der Waals surface area contributed by atoms with Crippen LogP contribution in [0.5, 0.6) is 5.75 Å². The molecule has 2 rings (SSSR count). The molecular formula is C18H24IN3O. The Kier molecular flexibility index (Phi) is 7.88. The van der Waals surface area contributed by atoms with Crippen LogP contribution in [-0.2, 0) is 0 Å². The number of ether oxygens (including phenoxy) is 1. The Balaban J connectivity index is 0.00000264. The minimum absolute atomic E-state index is 0. The van der Waals surface area contributed by atoms with Crippen molar-refractivity contribution in [1.29, 1.82) is 0 Å². The Morgan fingerprint density at radius 1 is 1.04 bits per heavy atom. The minimum atomic E-state index is 0. The number of aliphatic imine (C=N–C) groups is 1. The van der Waals surface area contributed by atoms with Crippen LogP contribution in [-0.4, -0.2) is 19.1 Å². The van der Waals surface area contributed by atoms with Crippen LogP contribution in [0.4, 0.5) is 5.69 Å². The van der Waals surface area contributed by atoms with Crippen molar-refractivity contribution in [3.63, 3.8) is 0 Å². The van der Waals surface area contributed by atoms with Crippen molar-refractivity contribution in [3.05, 3.63) is 59.2 Å². The zero-order valence-corrected chi connectivity index (χ0v) is 16.1. The predicted molar refractivity (Wildman–Crippen MR) is 108 cm³/mol. The second-order valence-corrected chi connectivity index (χ2v) is 5.43. The van der Waals surface area contributed by atoms with Gasteiger partial charge in [-0.15, -0.1) is 24.0 Å². The molecule has 0 unspecified atom stereocenters. The molecule has 0 fully saturated rings. The molecule has 5 heteroatoms. The molecule has 0 atom stereocenters. The summed E-state index contributed by atoms with van der Waals surface area (Å²) in [4.78, 5) is 4.27. The minimum Gasteiger partial charge on any atom is -0.492 e. The molecule has 0 saturated carbocycles. The summed E-state index contributed by atoms with van der Waals surface area (Å²) < 4.78 is 5.64. The maximum atomic E-state index is 5.89. The topological polar surface area (TPSA) is 59.6 Å².